The Hall–Kier alpha value is -2.72. The maximum absolute atomic E-state index is 13.1. The second-order valence-corrected chi connectivity index (χ2v) is 6.56. The molecule has 0 amide bonds. The van der Waals surface area contributed by atoms with Gasteiger partial charge in [-0.2, -0.15) is 18.4 Å². The first kappa shape index (κ1) is 18.1. The van der Waals surface area contributed by atoms with Gasteiger partial charge in [0.25, 0.3) is 0 Å². The molecular formula is C19H14F3N3S. The number of halogens is 3. The van der Waals surface area contributed by atoms with Crippen LogP contribution in [0, 0.1) is 18.3 Å². The zero-order valence-electron chi connectivity index (χ0n) is 13.8. The number of alkyl halides is 3. The molecule has 26 heavy (non-hydrogen) atoms. The number of hydrogen-bond donors (Lipinski definition) is 0. The van der Waals surface area contributed by atoms with Gasteiger partial charge in [0.2, 0.25) is 0 Å². The highest BCUT2D eigenvalue weighted by Gasteiger charge is 2.31. The van der Waals surface area contributed by atoms with Crippen LogP contribution < -0.4 is 0 Å². The number of imidazole rings is 1. The molecule has 0 unspecified atom stereocenters. The van der Waals surface area contributed by atoms with Crippen LogP contribution in [0.2, 0.25) is 0 Å². The molecule has 0 spiro atoms. The Labute approximate surface area is 153 Å². The van der Waals surface area contributed by atoms with Gasteiger partial charge in [-0.1, -0.05) is 47.7 Å². The fourth-order valence-electron chi connectivity index (χ4n) is 2.53. The molecule has 3 rings (SSSR count). The van der Waals surface area contributed by atoms with Crippen molar-refractivity contribution in [2.24, 2.45) is 0 Å². The van der Waals surface area contributed by atoms with Gasteiger partial charge in [-0.3, -0.25) is 4.57 Å². The molecular weight excluding hydrogens is 359 g/mol. The molecule has 0 bridgehead atoms. The number of nitrogens with zero attached hydrogens (tertiary/aromatic N) is 3. The molecule has 0 aliphatic rings. The van der Waals surface area contributed by atoms with Gasteiger partial charge in [0.15, 0.2) is 5.16 Å². The summed E-state index contributed by atoms with van der Waals surface area (Å²) in [6, 6.07) is 14.8. The first-order valence-electron chi connectivity index (χ1n) is 7.72. The first-order chi connectivity index (χ1) is 12.4. The van der Waals surface area contributed by atoms with Crippen molar-refractivity contribution in [3.05, 3.63) is 65.9 Å². The highest BCUT2D eigenvalue weighted by molar-refractivity contribution is 7.99. The molecule has 2 aromatic carbocycles. The highest BCUT2D eigenvalue weighted by Crippen LogP contribution is 2.34. The maximum Gasteiger partial charge on any atom is 0.416 e. The van der Waals surface area contributed by atoms with E-state index >= 15 is 0 Å². The standard InChI is InChI=1S/C19H14F3N3S/c1-13-5-7-14(8-6-13)17-12-24-18(26-10-9-23)25(17)16-4-2-3-15(11-16)19(20,21)22/h2-8,11-12H,10H2,1H3. The number of benzene rings is 2. The van der Waals surface area contributed by atoms with Crippen molar-refractivity contribution in [3.63, 3.8) is 0 Å². The third-order valence-electron chi connectivity index (χ3n) is 3.77. The molecule has 0 fully saturated rings. The number of aryl methyl sites for hydroxylation is 1. The summed E-state index contributed by atoms with van der Waals surface area (Å²) in [7, 11) is 0. The van der Waals surface area contributed by atoms with E-state index in [0.717, 1.165) is 23.3 Å². The normalized spacial score (nSPS) is 11.3. The first-order valence-corrected chi connectivity index (χ1v) is 8.71. The molecule has 7 heteroatoms. The van der Waals surface area contributed by atoms with Gasteiger partial charge in [-0.05, 0) is 25.1 Å². The van der Waals surface area contributed by atoms with Gasteiger partial charge >= 0.3 is 6.18 Å². The molecule has 1 aromatic heterocycles. The smallest absolute Gasteiger partial charge is 0.287 e. The predicted molar refractivity (Wildman–Crippen MR) is 95.1 cm³/mol. The van der Waals surface area contributed by atoms with Gasteiger partial charge in [-0.15, -0.1) is 0 Å². The van der Waals surface area contributed by atoms with Crippen molar-refractivity contribution < 1.29 is 13.2 Å². The van der Waals surface area contributed by atoms with Crippen LogP contribution in [0.25, 0.3) is 16.9 Å². The van der Waals surface area contributed by atoms with E-state index in [0.29, 0.717) is 16.5 Å². The minimum Gasteiger partial charge on any atom is -0.287 e. The Kier molecular flexibility index (Phi) is 5.05. The molecule has 0 radical (unpaired) electrons. The number of nitriles is 1. The molecule has 0 atom stereocenters. The van der Waals surface area contributed by atoms with Crippen LogP contribution >= 0.6 is 11.8 Å². The number of thioether (sulfide) groups is 1. The SMILES string of the molecule is Cc1ccc(-c2cnc(SCC#N)n2-c2cccc(C(F)(F)F)c2)cc1. The van der Waals surface area contributed by atoms with Crippen LogP contribution in [0.5, 0.6) is 0 Å². The van der Waals surface area contributed by atoms with Crippen LogP contribution in [-0.4, -0.2) is 15.3 Å². The van der Waals surface area contributed by atoms with Crippen molar-refractivity contribution in [1.82, 2.24) is 9.55 Å². The van der Waals surface area contributed by atoms with Crippen LogP contribution in [-0.2, 0) is 6.18 Å². The maximum atomic E-state index is 13.1. The van der Waals surface area contributed by atoms with Gasteiger partial charge in [-0.25, -0.2) is 4.98 Å². The van der Waals surface area contributed by atoms with E-state index in [-0.39, 0.29) is 5.75 Å². The van der Waals surface area contributed by atoms with E-state index < -0.39 is 11.7 Å². The summed E-state index contributed by atoms with van der Waals surface area (Å²) in [5, 5.41) is 9.31. The Balaban J connectivity index is 2.16. The zero-order valence-corrected chi connectivity index (χ0v) is 14.6. The van der Waals surface area contributed by atoms with Crippen LogP contribution in [0.15, 0.2) is 59.9 Å². The lowest BCUT2D eigenvalue weighted by Crippen LogP contribution is -2.07. The van der Waals surface area contributed by atoms with Gasteiger partial charge in [0.05, 0.1) is 29.3 Å². The van der Waals surface area contributed by atoms with Crippen molar-refractivity contribution in [3.8, 4) is 23.0 Å². The van der Waals surface area contributed by atoms with E-state index in [4.69, 9.17) is 5.26 Å². The molecule has 1 heterocycles. The van der Waals surface area contributed by atoms with E-state index in [1.165, 1.54) is 17.8 Å². The fourth-order valence-corrected chi connectivity index (χ4v) is 3.19. The Morgan fingerprint density at radius 1 is 1.15 bits per heavy atom. The Morgan fingerprint density at radius 3 is 2.54 bits per heavy atom. The Morgan fingerprint density at radius 2 is 1.88 bits per heavy atom. The van der Waals surface area contributed by atoms with Crippen LogP contribution in [0.1, 0.15) is 11.1 Å². The average molecular weight is 373 g/mol. The summed E-state index contributed by atoms with van der Waals surface area (Å²) in [5.74, 6) is 0.156. The van der Waals surface area contributed by atoms with Gasteiger partial charge < -0.3 is 0 Å². The fraction of sp³-hybridized carbons (Fsp3) is 0.158. The zero-order chi connectivity index (χ0) is 18.7. The topological polar surface area (TPSA) is 41.6 Å². The lowest BCUT2D eigenvalue weighted by molar-refractivity contribution is -0.137. The molecule has 0 aliphatic carbocycles. The van der Waals surface area contributed by atoms with Gasteiger partial charge in [0.1, 0.15) is 0 Å². The quantitative estimate of drug-likeness (QED) is 0.569. The largest absolute Gasteiger partial charge is 0.416 e. The molecule has 3 nitrogen and oxygen atoms in total. The third-order valence-corrected chi connectivity index (χ3v) is 4.59. The van der Waals surface area contributed by atoms with Crippen LogP contribution in [0.3, 0.4) is 0 Å². The molecule has 0 aliphatic heterocycles. The summed E-state index contributed by atoms with van der Waals surface area (Å²) in [6.07, 6.45) is -2.81. The number of rotatable bonds is 4. The van der Waals surface area contributed by atoms with Gasteiger partial charge in [0, 0.05) is 11.3 Å². The molecule has 0 saturated carbocycles. The average Bonchev–Trinajstić information content (AvgIpc) is 3.04. The van der Waals surface area contributed by atoms with Crippen molar-refractivity contribution >= 4 is 11.8 Å². The second-order valence-electron chi connectivity index (χ2n) is 5.62. The van der Waals surface area contributed by atoms with E-state index in [9.17, 15) is 13.2 Å². The number of aromatic nitrogens is 2. The molecule has 132 valence electrons. The van der Waals surface area contributed by atoms with Crippen molar-refractivity contribution in [2.45, 2.75) is 18.3 Å². The van der Waals surface area contributed by atoms with E-state index in [1.807, 2.05) is 37.3 Å². The predicted octanol–water partition coefficient (Wildman–Crippen LogP) is 5.48. The van der Waals surface area contributed by atoms with Crippen molar-refractivity contribution in [2.75, 3.05) is 5.75 Å². The van der Waals surface area contributed by atoms with E-state index in [1.54, 1.807) is 16.8 Å². The van der Waals surface area contributed by atoms with Crippen molar-refractivity contribution in [1.29, 1.82) is 5.26 Å². The molecule has 0 N–H and O–H groups in total. The van der Waals surface area contributed by atoms with Crippen LogP contribution in [0.4, 0.5) is 13.2 Å². The lowest BCUT2D eigenvalue weighted by atomic mass is 10.1. The highest BCUT2D eigenvalue weighted by atomic mass is 32.2. The minimum absolute atomic E-state index is 0.156. The molecule has 3 aromatic rings. The summed E-state index contributed by atoms with van der Waals surface area (Å²) in [6.45, 7) is 1.96. The summed E-state index contributed by atoms with van der Waals surface area (Å²) in [5.41, 5.74) is 2.22. The number of hydrogen-bond acceptors (Lipinski definition) is 3. The summed E-state index contributed by atoms with van der Waals surface area (Å²) >= 11 is 1.18. The minimum atomic E-state index is -4.43. The summed E-state index contributed by atoms with van der Waals surface area (Å²) in [4.78, 5) is 4.31. The monoisotopic (exact) mass is 373 g/mol. The lowest BCUT2D eigenvalue weighted by Gasteiger charge is -2.14. The Bertz CT molecular complexity index is 953. The van der Waals surface area contributed by atoms with E-state index in [2.05, 4.69) is 4.98 Å². The molecule has 0 saturated heterocycles. The summed E-state index contributed by atoms with van der Waals surface area (Å²) < 4.78 is 41.0. The second kappa shape index (κ2) is 7.26. The third kappa shape index (κ3) is 3.75.